The number of amides is 1. The molecular formula is C15H17BrClN3O. The number of hydrogen-bond acceptors (Lipinski definition) is 2. The smallest absolute Gasteiger partial charge is 0.224 e. The molecule has 1 saturated heterocycles. The van der Waals surface area contributed by atoms with E-state index in [1.54, 1.807) is 0 Å². The van der Waals surface area contributed by atoms with Crippen LogP contribution < -0.4 is 0 Å². The van der Waals surface area contributed by atoms with Crippen LogP contribution in [-0.2, 0) is 11.5 Å². The Kier molecular flexibility index (Phi) is 4.22. The number of imidazole rings is 1. The van der Waals surface area contributed by atoms with Gasteiger partial charge in [-0.1, -0.05) is 29.3 Å². The van der Waals surface area contributed by atoms with Gasteiger partial charge in [0, 0.05) is 17.4 Å². The van der Waals surface area contributed by atoms with Gasteiger partial charge in [-0.2, -0.15) is 0 Å². The molecule has 2 aromatic rings. The number of carbonyl (C=O) groups excluding carboxylic acids is 1. The molecule has 0 aliphatic carbocycles. The molecule has 1 unspecified atom stereocenters. The molecule has 1 aromatic carbocycles. The lowest BCUT2D eigenvalue weighted by Gasteiger charge is -2.18. The molecular weight excluding hydrogens is 354 g/mol. The highest BCUT2D eigenvalue weighted by atomic mass is 79.9. The van der Waals surface area contributed by atoms with Gasteiger partial charge in [-0.3, -0.25) is 9.36 Å². The van der Waals surface area contributed by atoms with Crippen LogP contribution in [0.1, 0.15) is 26.2 Å². The first kappa shape index (κ1) is 14.9. The van der Waals surface area contributed by atoms with Crippen LogP contribution in [-0.4, -0.2) is 26.9 Å². The summed E-state index contributed by atoms with van der Waals surface area (Å²) in [4.78, 5) is 18.4. The van der Waals surface area contributed by atoms with Crippen LogP contribution in [0.15, 0.2) is 22.7 Å². The Morgan fingerprint density at radius 3 is 3.05 bits per heavy atom. The number of fused-ring (bicyclic) bond motifs is 1. The summed E-state index contributed by atoms with van der Waals surface area (Å²) in [6.45, 7) is 3.46. The summed E-state index contributed by atoms with van der Waals surface area (Å²) in [7, 11) is 0. The Balaban J connectivity index is 1.85. The van der Waals surface area contributed by atoms with Gasteiger partial charge in [-0.05, 0) is 42.1 Å². The molecule has 2 heterocycles. The van der Waals surface area contributed by atoms with Crippen LogP contribution in [0, 0.1) is 5.92 Å². The normalized spacial score (nSPS) is 18.9. The van der Waals surface area contributed by atoms with Gasteiger partial charge in [-0.15, -0.1) is 0 Å². The number of nitrogens with zero attached hydrogens (tertiary/aromatic N) is 3. The maximum atomic E-state index is 12.1. The van der Waals surface area contributed by atoms with Gasteiger partial charge in [-0.25, -0.2) is 4.98 Å². The maximum Gasteiger partial charge on any atom is 0.224 e. The van der Waals surface area contributed by atoms with Crippen LogP contribution in [0.3, 0.4) is 0 Å². The standard InChI is InChI=1S/C15H17BrClN3O/c1-2-3-10-6-14(21)19(8-10)9-20-13-5-4-11(16)7-12(13)18-15(20)17/h4-5,7,10H,2-3,6,8-9H2,1H3. The minimum atomic E-state index is 0.212. The zero-order valence-electron chi connectivity index (χ0n) is 11.9. The van der Waals surface area contributed by atoms with Crippen molar-refractivity contribution in [2.75, 3.05) is 6.54 Å². The van der Waals surface area contributed by atoms with E-state index in [4.69, 9.17) is 11.6 Å². The molecule has 0 saturated carbocycles. The van der Waals surface area contributed by atoms with Crippen molar-refractivity contribution in [3.8, 4) is 0 Å². The molecule has 6 heteroatoms. The van der Waals surface area contributed by atoms with Crippen LogP contribution in [0.2, 0.25) is 5.28 Å². The molecule has 1 atom stereocenters. The Hall–Kier alpha value is -1.07. The second-order valence-corrected chi connectivity index (χ2v) is 6.81. The lowest BCUT2D eigenvalue weighted by atomic mass is 10.0. The van der Waals surface area contributed by atoms with E-state index in [1.165, 1.54) is 0 Å². The summed E-state index contributed by atoms with van der Waals surface area (Å²) in [5.74, 6) is 0.689. The molecule has 1 fully saturated rings. The van der Waals surface area contributed by atoms with E-state index in [9.17, 15) is 4.79 Å². The van der Waals surface area contributed by atoms with E-state index in [-0.39, 0.29) is 5.91 Å². The number of halogens is 2. The van der Waals surface area contributed by atoms with Crippen molar-refractivity contribution < 1.29 is 4.79 Å². The Bertz CT molecular complexity index is 685. The van der Waals surface area contributed by atoms with Gasteiger partial charge >= 0.3 is 0 Å². The molecule has 0 radical (unpaired) electrons. The highest BCUT2D eigenvalue weighted by molar-refractivity contribution is 9.10. The summed E-state index contributed by atoms with van der Waals surface area (Å²) in [6, 6.07) is 5.87. The van der Waals surface area contributed by atoms with Gasteiger partial charge in [0.1, 0.15) is 6.67 Å². The van der Waals surface area contributed by atoms with E-state index in [0.717, 1.165) is 34.9 Å². The first-order chi connectivity index (χ1) is 10.1. The third kappa shape index (κ3) is 2.94. The minimum absolute atomic E-state index is 0.212. The van der Waals surface area contributed by atoms with Gasteiger partial charge in [0.15, 0.2) is 0 Å². The van der Waals surface area contributed by atoms with Crippen molar-refractivity contribution in [2.24, 2.45) is 5.92 Å². The summed E-state index contributed by atoms with van der Waals surface area (Å²) in [6.07, 6.45) is 2.88. The van der Waals surface area contributed by atoms with Crippen molar-refractivity contribution in [3.05, 3.63) is 28.0 Å². The molecule has 0 bridgehead atoms. The largest absolute Gasteiger partial charge is 0.324 e. The van der Waals surface area contributed by atoms with Crippen molar-refractivity contribution in [3.63, 3.8) is 0 Å². The Morgan fingerprint density at radius 2 is 2.29 bits per heavy atom. The van der Waals surface area contributed by atoms with Crippen molar-refractivity contribution >= 4 is 44.5 Å². The average Bonchev–Trinajstić information content (AvgIpc) is 2.91. The number of aromatic nitrogens is 2. The van der Waals surface area contributed by atoms with Gasteiger partial charge < -0.3 is 4.90 Å². The first-order valence-corrected chi connectivity index (χ1v) is 8.34. The number of rotatable bonds is 4. The monoisotopic (exact) mass is 369 g/mol. The molecule has 0 N–H and O–H groups in total. The van der Waals surface area contributed by atoms with E-state index >= 15 is 0 Å². The second kappa shape index (κ2) is 5.97. The van der Waals surface area contributed by atoms with E-state index < -0.39 is 0 Å². The number of likely N-dealkylation sites (tertiary alicyclic amines) is 1. The third-order valence-electron chi connectivity index (χ3n) is 3.97. The predicted octanol–water partition coefficient (Wildman–Crippen LogP) is 4.06. The minimum Gasteiger partial charge on any atom is -0.324 e. The SMILES string of the molecule is CCCC1CC(=O)N(Cn2c(Cl)nc3cc(Br)ccc32)C1. The average molecular weight is 371 g/mol. The fourth-order valence-corrected chi connectivity index (χ4v) is 3.56. The van der Waals surface area contributed by atoms with Crippen molar-refractivity contribution in [1.82, 2.24) is 14.5 Å². The molecule has 0 spiro atoms. The second-order valence-electron chi connectivity index (χ2n) is 5.56. The number of benzene rings is 1. The summed E-state index contributed by atoms with van der Waals surface area (Å²) in [5.41, 5.74) is 1.79. The summed E-state index contributed by atoms with van der Waals surface area (Å²) >= 11 is 9.67. The highest BCUT2D eigenvalue weighted by Gasteiger charge is 2.29. The fraction of sp³-hybridized carbons (Fsp3) is 0.467. The zero-order valence-corrected chi connectivity index (χ0v) is 14.2. The third-order valence-corrected chi connectivity index (χ3v) is 4.75. The van der Waals surface area contributed by atoms with Crippen LogP contribution in [0.25, 0.3) is 11.0 Å². The van der Waals surface area contributed by atoms with Gasteiger partial charge in [0.2, 0.25) is 11.2 Å². The molecule has 4 nitrogen and oxygen atoms in total. The first-order valence-electron chi connectivity index (χ1n) is 7.17. The lowest BCUT2D eigenvalue weighted by molar-refractivity contribution is -0.129. The van der Waals surface area contributed by atoms with Crippen LogP contribution in [0.5, 0.6) is 0 Å². The molecule has 112 valence electrons. The van der Waals surface area contributed by atoms with E-state index in [0.29, 0.717) is 24.3 Å². The molecule has 1 amide bonds. The molecule has 21 heavy (non-hydrogen) atoms. The number of hydrogen-bond donors (Lipinski definition) is 0. The fourth-order valence-electron chi connectivity index (χ4n) is 2.97. The lowest BCUT2D eigenvalue weighted by Crippen LogP contribution is -2.28. The quantitative estimate of drug-likeness (QED) is 0.814. The molecule has 3 rings (SSSR count). The van der Waals surface area contributed by atoms with Crippen molar-refractivity contribution in [1.29, 1.82) is 0 Å². The van der Waals surface area contributed by atoms with Gasteiger partial charge in [0.05, 0.1) is 11.0 Å². The zero-order chi connectivity index (χ0) is 15.0. The topological polar surface area (TPSA) is 38.1 Å². The summed E-state index contributed by atoms with van der Waals surface area (Å²) in [5, 5.41) is 0.426. The van der Waals surface area contributed by atoms with Gasteiger partial charge in [0.25, 0.3) is 0 Å². The molecule has 1 aromatic heterocycles. The number of carbonyl (C=O) groups is 1. The van der Waals surface area contributed by atoms with E-state index in [1.807, 2.05) is 27.7 Å². The summed E-state index contributed by atoms with van der Waals surface area (Å²) < 4.78 is 2.87. The highest BCUT2D eigenvalue weighted by Crippen LogP contribution is 2.27. The predicted molar refractivity (Wildman–Crippen MR) is 87.2 cm³/mol. The Labute approximate surface area is 137 Å². The van der Waals surface area contributed by atoms with Crippen LogP contribution >= 0.6 is 27.5 Å². The maximum absolute atomic E-state index is 12.1. The Morgan fingerprint density at radius 1 is 1.48 bits per heavy atom. The van der Waals surface area contributed by atoms with Crippen LogP contribution in [0.4, 0.5) is 0 Å². The van der Waals surface area contributed by atoms with Crippen molar-refractivity contribution in [2.45, 2.75) is 32.9 Å². The molecule has 1 aliphatic heterocycles. The van der Waals surface area contributed by atoms with E-state index in [2.05, 4.69) is 27.8 Å². The molecule has 1 aliphatic rings.